The van der Waals surface area contributed by atoms with E-state index >= 15 is 0 Å². The number of hydrogen-bond donors (Lipinski definition) is 1. The first kappa shape index (κ1) is 12.5. The summed E-state index contributed by atoms with van der Waals surface area (Å²) in [6, 6.07) is 11.4. The third-order valence-corrected chi connectivity index (χ3v) is 2.99. The molecule has 0 radical (unpaired) electrons. The molecule has 0 amide bonds. The van der Waals surface area contributed by atoms with Gasteiger partial charge in [-0.3, -0.25) is 9.98 Å². The standard InChI is InChI=1S/C15H15N5/c1-15(2)14(18-12-8-4-6-10-17-12)19-13(20-15)11-7-3-5-9-16-11/h3-10H,1-2H3,(H,17,18,19,20). The van der Waals surface area contributed by atoms with Crippen molar-refractivity contribution in [1.29, 1.82) is 0 Å². The Morgan fingerprint density at radius 3 is 2.35 bits per heavy atom. The lowest BCUT2D eigenvalue weighted by atomic mass is 10.1. The lowest BCUT2D eigenvalue weighted by Gasteiger charge is -2.17. The molecule has 3 rings (SSSR count). The molecule has 3 heterocycles. The van der Waals surface area contributed by atoms with Crippen LogP contribution in [0.2, 0.25) is 0 Å². The fourth-order valence-corrected chi connectivity index (χ4v) is 1.93. The molecular formula is C15H15N5. The van der Waals surface area contributed by atoms with Crippen LogP contribution in [0.25, 0.3) is 0 Å². The van der Waals surface area contributed by atoms with E-state index in [2.05, 4.69) is 25.3 Å². The maximum absolute atomic E-state index is 4.63. The highest BCUT2D eigenvalue weighted by Gasteiger charge is 2.31. The highest BCUT2D eigenvalue weighted by Crippen LogP contribution is 2.22. The third kappa shape index (κ3) is 2.42. The Hall–Kier alpha value is -2.56. The zero-order valence-corrected chi connectivity index (χ0v) is 11.4. The molecule has 20 heavy (non-hydrogen) atoms. The topological polar surface area (TPSA) is 62.5 Å². The van der Waals surface area contributed by atoms with Crippen LogP contribution in [0, 0.1) is 0 Å². The van der Waals surface area contributed by atoms with Crippen LogP contribution in [0.15, 0.2) is 58.8 Å². The molecular weight excluding hydrogens is 250 g/mol. The molecule has 5 heteroatoms. The van der Waals surface area contributed by atoms with Gasteiger partial charge in [-0.15, -0.1) is 0 Å². The highest BCUT2D eigenvalue weighted by molar-refractivity contribution is 6.16. The average Bonchev–Trinajstić information content (AvgIpc) is 2.76. The minimum absolute atomic E-state index is 0.412. The quantitative estimate of drug-likeness (QED) is 0.907. The number of nitrogens with one attached hydrogen (secondary N) is 1. The zero-order chi connectivity index (χ0) is 14.0. The van der Waals surface area contributed by atoms with Gasteiger partial charge in [-0.05, 0) is 38.1 Å². The maximum Gasteiger partial charge on any atom is 0.176 e. The second-order valence-electron chi connectivity index (χ2n) is 5.01. The summed E-state index contributed by atoms with van der Waals surface area (Å²) >= 11 is 0. The number of nitrogens with zero attached hydrogens (tertiary/aromatic N) is 4. The lowest BCUT2D eigenvalue weighted by molar-refractivity contribution is 0.714. The molecule has 0 fully saturated rings. The summed E-state index contributed by atoms with van der Waals surface area (Å²) in [4.78, 5) is 17.7. The molecule has 1 N–H and O–H groups in total. The number of rotatable bonds is 2. The third-order valence-electron chi connectivity index (χ3n) is 2.99. The molecule has 2 aromatic heterocycles. The molecule has 0 unspecified atom stereocenters. The summed E-state index contributed by atoms with van der Waals surface area (Å²) in [5, 5.41) is 3.23. The predicted molar refractivity (Wildman–Crippen MR) is 80.1 cm³/mol. The molecule has 0 aromatic carbocycles. The molecule has 0 aliphatic carbocycles. The van der Waals surface area contributed by atoms with Crippen LogP contribution in [0.1, 0.15) is 19.5 Å². The van der Waals surface area contributed by atoms with E-state index in [9.17, 15) is 0 Å². The minimum atomic E-state index is -0.412. The Balaban J connectivity index is 1.90. The van der Waals surface area contributed by atoms with E-state index in [1.807, 2.05) is 50.2 Å². The Bertz CT molecular complexity index is 659. The van der Waals surface area contributed by atoms with Crippen molar-refractivity contribution in [3.05, 3.63) is 54.5 Å². The van der Waals surface area contributed by atoms with Crippen LogP contribution in [0.3, 0.4) is 0 Å². The smallest absolute Gasteiger partial charge is 0.176 e. The van der Waals surface area contributed by atoms with Gasteiger partial charge in [0.1, 0.15) is 22.9 Å². The first-order valence-electron chi connectivity index (χ1n) is 6.44. The summed E-state index contributed by atoms with van der Waals surface area (Å²) in [5.41, 5.74) is 0.364. The monoisotopic (exact) mass is 265 g/mol. The number of amidine groups is 2. The summed E-state index contributed by atoms with van der Waals surface area (Å²) in [6.45, 7) is 4.02. The molecule has 0 spiro atoms. The normalized spacial score (nSPS) is 16.5. The van der Waals surface area contributed by atoms with E-state index in [4.69, 9.17) is 0 Å². The van der Waals surface area contributed by atoms with E-state index in [0.29, 0.717) is 5.84 Å². The summed E-state index contributed by atoms with van der Waals surface area (Å²) in [5.74, 6) is 2.18. The lowest BCUT2D eigenvalue weighted by Crippen LogP contribution is -2.33. The minimum Gasteiger partial charge on any atom is -0.326 e. The molecule has 100 valence electrons. The van der Waals surface area contributed by atoms with Crippen molar-refractivity contribution in [2.45, 2.75) is 19.4 Å². The van der Waals surface area contributed by atoms with Crippen molar-refractivity contribution in [3.8, 4) is 0 Å². The zero-order valence-electron chi connectivity index (χ0n) is 11.4. The number of aliphatic imine (C=N–C) groups is 2. The second kappa shape index (κ2) is 4.85. The Morgan fingerprint density at radius 1 is 0.950 bits per heavy atom. The van der Waals surface area contributed by atoms with Crippen molar-refractivity contribution >= 4 is 17.5 Å². The molecule has 0 bridgehead atoms. The molecule has 0 saturated heterocycles. The van der Waals surface area contributed by atoms with Crippen LogP contribution < -0.4 is 5.32 Å². The Morgan fingerprint density at radius 2 is 1.70 bits per heavy atom. The van der Waals surface area contributed by atoms with Crippen molar-refractivity contribution < 1.29 is 0 Å². The first-order valence-corrected chi connectivity index (χ1v) is 6.44. The van der Waals surface area contributed by atoms with Gasteiger partial charge in [0.25, 0.3) is 0 Å². The van der Waals surface area contributed by atoms with Gasteiger partial charge < -0.3 is 5.32 Å². The van der Waals surface area contributed by atoms with Gasteiger partial charge in [-0.2, -0.15) is 0 Å². The van der Waals surface area contributed by atoms with Crippen molar-refractivity contribution in [1.82, 2.24) is 9.97 Å². The number of hydrogen-bond acceptors (Lipinski definition) is 5. The number of anilines is 1. The Kier molecular flexibility index (Phi) is 3.02. The molecule has 1 aliphatic rings. The molecule has 1 aliphatic heterocycles. The summed E-state index contributed by atoms with van der Waals surface area (Å²) in [6.07, 6.45) is 3.48. The van der Waals surface area contributed by atoms with Crippen LogP contribution in [0.5, 0.6) is 0 Å². The van der Waals surface area contributed by atoms with Crippen molar-refractivity contribution in [2.75, 3.05) is 5.32 Å². The van der Waals surface area contributed by atoms with Gasteiger partial charge in [-0.25, -0.2) is 9.98 Å². The van der Waals surface area contributed by atoms with E-state index < -0.39 is 5.54 Å². The summed E-state index contributed by atoms with van der Waals surface area (Å²) in [7, 11) is 0. The average molecular weight is 265 g/mol. The predicted octanol–water partition coefficient (Wildman–Crippen LogP) is 2.53. The fourth-order valence-electron chi connectivity index (χ4n) is 1.93. The van der Waals surface area contributed by atoms with Crippen LogP contribution in [-0.2, 0) is 0 Å². The van der Waals surface area contributed by atoms with Crippen LogP contribution in [-0.4, -0.2) is 27.2 Å². The molecule has 0 saturated carbocycles. The van der Waals surface area contributed by atoms with Crippen LogP contribution >= 0.6 is 0 Å². The maximum atomic E-state index is 4.63. The fraction of sp³-hybridized carbons (Fsp3) is 0.200. The molecule has 0 atom stereocenters. The Labute approximate surface area is 117 Å². The second-order valence-corrected chi connectivity index (χ2v) is 5.01. The first-order chi connectivity index (χ1) is 9.65. The van der Waals surface area contributed by atoms with E-state index in [0.717, 1.165) is 17.3 Å². The van der Waals surface area contributed by atoms with Gasteiger partial charge in [0.2, 0.25) is 0 Å². The number of pyridine rings is 2. The van der Waals surface area contributed by atoms with E-state index in [1.54, 1.807) is 12.4 Å². The number of aromatic nitrogens is 2. The highest BCUT2D eigenvalue weighted by atomic mass is 15.2. The molecule has 5 nitrogen and oxygen atoms in total. The largest absolute Gasteiger partial charge is 0.326 e. The van der Waals surface area contributed by atoms with Gasteiger partial charge >= 0.3 is 0 Å². The summed E-state index contributed by atoms with van der Waals surface area (Å²) < 4.78 is 0. The van der Waals surface area contributed by atoms with E-state index in [1.165, 1.54) is 0 Å². The SMILES string of the molecule is CC1(C)N=C(c2ccccn2)N=C1Nc1ccccn1. The van der Waals surface area contributed by atoms with Gasteiger partial charge in [0.15, 0.2) is 5.84 Å². The van der Waals surface area contributed by atoms with Gasteiger partial charge in [0.05, 0.1) is 0 Å². The van der Waals surface area contributed by atoms with Crippen LogP contribution in [0.4, 0.5) is 5.82 Å². The van der Waals surface area contributed by atoms with Gasteiger partial charge in [0, 0.05) is 12.4 Å². The van der Waals surface area contributed by atoms with Crippen molar-refractivity contribution in [2.24, 2.45) is 9.98 Å². The van der Waals surface area contributed by atoms with Crippen molar-refractivity contribution in [3.63, 3.8) is 0 Å². The van der Waals surface area contributed by atoms with Gasteiger partial charge in [-0.1, -0.05) is 12.1 Å². The molecule has 2 aromatic rings. The van der Waals surface area contributed by atoms with E-state index in [-0.39, 0.29) is 0 Å².